The van der Waals surface area contributed by atoms with Crippen molar-refractivity contribution in [3.8, 4) is 5.75 Å². The summed E-state index contributed by atoms with van der Waals surface area (Å²) in [5.74, 6) is -5.01. The van der Waals surface area contributed by atoms with E-state index in [4.69, 9.17) is 21.4 Å². The molecule has 9 heteroatoms. The van der Waals surface area contributed by atoms with Crippen molar-refractivity contribution in [1.29, 1.82) is 0 Å². The summed E-state index contributed by atoms with van der Waals surface area (Å²) >= 11 is 6.03. The topological polar surface area (TPSA) is 70.9 Å². The number of ether oxygens (including phenoxy) is 1. The first kappa shape index (κ1) is 18.5. The second-order valence-corrected chi connectivity index (χ2v) is 6.02. The molecule has 0 aliphatic carbocycles. The molecule has 1 heterocycles. The van der Waals surface area contributed by atoms with Crippen molar-refractivity contribution in [3.05, 3.63) is 28.0 Å². The number of halogens is 4. The van der Waals surface area contributed by atoms with Gasteiger partial charge in [-0.15, -0.1) is 0 Å². The highest BCUT2D eigenvalue weighted by Crippen LogP contribution is 2.35. The number of aliphatic hydroxyl groups excluding tert-OH is 1. The lowest BCUT2D eigenvalue weighted by Crippen LogP contribution is -2.32. The number of aliphatic hydroxyl groups is 1. The fraction of sp³-hybridized carbons (Fsp3) is 0.467. The molecule has 0 aromatic heterocycles. The Morgan fingerprint density at radius 3 is 2.79 bits per heavy atom. The van der Waals surface area contributed by atoms with Crippen molar-refractivity contribution in [1.82, 2.24) is 5.43 Å². The molecule has 0 radical (unpaired) electrons. The van der Waals surface area contributed by atoms with Crippen LogP contribution in [0.25, 0.3) is 0 Å². The first-order valence-electron chi connectivity index (χ1n) is 7.13. The van der Waals surface area contributed by atoms with Gasteiger partial charge in [0.1, 0.15) is 18.2 Å². The number of nitrogens with one attached hydrogen (secondary N) is 1. The first-order valence-corrected chi connectivity index (χ1v) is 7.51. The van der Waals surface area contributed by atoms with E-state index in [1.165, 1.54) is 13.0 Å². The summed E-state index contributed by atoms with van der Waals surface area (Å²) in [7, 11) is 0. The van der Waals surface area contributed by atoms with Crippen LogP contribution < -0.4 is 10.2 Å². The average molecular weight is 365 g/mol. The average Bonchev–Trinajstić information content (AvgIpc) is 2.51. The highest BCUT2D eigenvalue weighted by molar-refractivity contribution is 6.32. The maximum atomic E-state index is 14.6. The predicted molar refractivity (Wildman–Crippen MR) is 82.1 cm³/mol. The zero-order valence-corrected chi connectivity index (χ0v) is 13.8. The Labute approximate surface area is 141 Å². The molecule has 0 spiro atoms. The van der Waals surface area contributed by atoms with Crippen LogP contribution in [0, 0.1) is 18.7 Å². The number of carbonyl (C=O) groups is 1. The van der Waals surface area contributed by atoms with Gasteiger partial charge in [-0.25, -0.2) is 18.6 Å². The fourth-order valence-corrected chi connectivity index (χ4v) is 2.61. The number of benzene rings is 1. The number of hydrogen-bond donors (Lipinski definition) is 2. The molecule has 24 heavy (non-hydrogen) atoms. The largest absolute Gasteiger partial charge is 0.485 e. The van der Waals surface area contributed by atoms with E-state index in [-0.39, 0.29) is 40.1 Å². The molecule has 1 unspecified atom stereocenters. The summed E-state index contributed by atoms with van der Waals surface area (Å²) in [5, 5.41) is 12.3. The Kier molecular flexibility index (Phi) is 5.39. The summed E-state index contributed by atoms with van der Waals surface area (Å²) in [6.07, 6.45) is 0.149. The van der Waals surface area contributed by atoms with Crippen molar-refractivity contribution < 1.29 is 27.8 Å². The van der Waals surface area contributed by atoms with Gasteiger partial charge in [0.25, 0.3) is 0 Å². The van der Waals surface area contributed by atoms with Crippen LogP contribution in [0.5, 0.6) is 5.75 Å². The van der Waals surface area contributed by atoms with Crippen LogP contribution in [0.2, 0.25) is 5.02 Å². The SMILES string of the molecule is Cc1c(F)c(C2=NNC(=O)CC2C)cc(Cl)c1OCC(F)(F)CO. The van der Waals surface area contributed by atoms with Crippen molar-refractivity contribution in [2.24, 2.45) is 11.0 Å². The highest BCUT2D eigenvalue weighted by atomic mass is 35.5. The number of hydrazone groups is 1. The monoisotopic (exact) mass is 364 g/mol. The van der Waals surface area contributed by atoms with E-state index in [1.807, 2.05) is 0 Å². The van der Waals surface area contributed by atoms with E-state index in [9.17, 15) is 18.0 Å². The third kappa shape index (κ3) is 3.81. The molecule has 0 bridgehead atoms. The predicted octanol–water partition coefficient (Wildman–Crippen LogP) is 2.65. The minimum atomic E-state index is -3.46. The molecule has 2 rings (SSSR count). The first-order chi connectivity index (χ1) is 11.2. The molecule has 2 N–H and O–H groups in total. The van der Waals surface area contributed by atoms with Gasteiger partial charge in [0.2, 0.25) is 5.91 Å². The number of alkyl halides is 2. The van der Waals surface area contributed by atoms with E-state index in [0.717, 1.165) is 0 Å². The summed E-state index contributed by atoms with van der Waals surface area (Å²) < 4.78 is 45.7. The number of carbonyl (C=O) groups excluding carboxylic acids is 1. The van der Waals surface area contributed by atoms with Crippen molar-refractivity contribution >= 4 is 23.2 Å². The Bertz CT molecular complexity index is 695. The number of amides is 1. The summed E-state index contributed by atoms with van der Waals surface area (Å²) in [4.78, 5) is 11.3. The number of hydrogen-bond acceptors (Lipinski definition) is 4. The van der Waals surface area contributed by atoms with Crippen LogP contribution in [0.15, 0.2) is 11.2 Å². The van der Waals surface area contributed by atoms with Crippen LogP contribution in [0.4, 0.5) is 13.2 Å². The van der Waals surface area contributed by atoms with Gasteiger partial charge < -0.3 is 9.84 Å². The molecule has 0 saturated heterocycles. The van der Waals surface area contributed by atoms with Crippen LogP contribution in [0.3, 0.4) is 0 Å². The van der Waals surface area contributed by atoms with Crippen LogP contribution in [-0.2, 0) is 4.79 Å². The molecule has 1 atom stereocenters. The van der Waals surface area contributed by atoms with Crippen LogP contribution in [-0.4, -0.2) is 35.9 Å². The smallest absolute Gasteiger partial charge is 0.303 e. The molecule has 0 saturated carbocycles. The van der Waals surface area contributed by atoms with E-state index in [0.29, 0.717) is 5.71 Å². The third-order valence-corrected chi connectivity index (χ3v) is 3.87. The second kappa shape index (κ2) is 6.98. The maximum absolute atomic E-state index is 14.6. The molecule has 5 nitrogen and oxygen atoms in total. The minimum Gasteiger partial charge on any atom is -0.485 e. The Morgan fingerprint density at radius 1 is 1.54 bits per heavy atom. The Balaban J connectivity index is 2.37. The lowest BCUT2D eigenvalue weighted by Gasteiger charge is -2.22. The lowest BCUT2D eigenvalue weighted by molar-refractivity contribution is -0.121. The van der Waals surface area contributed by atoms with E-state index >= 15 is 0 Å². The van der Waals surface area contributed by atoms with E-state index in [2.05, 4.69) is 10.5 Å². The number of rotatable bonds is 5. The quantitative estimate of drug-likeness (QED) is 0.843. The molecular weight excluding hydrogens is 349 g/mol. The van der Waals surface area contributed by atoms with Gasteiger partial charge in [-0.2, -0.15) is 5.10 Å². The van der Waals surface area contributed by atoms with Crippen LogP contribution >= 0.6 is 11.6 Å². The normalized spacial score (nSPS) is 18.2. The van der Waals surface area contributed by atoms with E-state index in [1.54, 1.807) is 6.92 Å². The molecular formula is C15H16ClF3N2O3. The maximum Gasteiger partial charge on any atom is 0.303 e. The molecule has 0 fully saturated rings. The Morgan fingerprint density at radius 2 is 2.21 bits per heavy atom. The highest BCUT2D eigenvalue weighted by Gasteiger charge is 2.31. The summed E-state index contributed by atoms with van der Waals surface area (Å²) in [6.45, 7) is 0.532. The van der Waals surface area contributed by atoms with E-state index < -0.39 is 25.0 Å². The van der Waals surface area contributed by atoms with Gasteiger partial charge in [0, 0.05) is 23.5 Å². The van der Waals surface area contributed by atoms with Crippen molar-refractivity contribution in [2.75, 3.05) is 13.2 Å². The van der Waals surface area contributed by atoms with Gasteiger partial charge in [-0.1, -0.05) is 18.5 Å². The zero-order chi connectivity index (χ0) is 18.1. The molecule has 1 aromatic rings. The third-order valence-electron chi connectivity index (χ3n) is 3.59. The zero-order valence-electron chi connectivity index (χ0n) is 13.0. The molecule has 1 amide bonds. The fourth-order valence-electron chi connectivity index (χ4n) is 2.30. The lowest BCUT2D eigenvalue weighted by atomic mass is 9.92. The van der Waals surface area contributed by atoms with Gasteiger partial charge >= 0.3 is 5.92 Å². The molecule has 1 aliphatic rings. The van der Waals surface area contributed by atoms with Crippen molar-refractivity contribution in [3.63, 3.8) is 0 Å². The van der Waals surface area contributed by atoms with Gasteiger partial charge in [-0.3, -0.25) is 4.79 Å². The van der Waals surface area contributed by atoms with Crippen molar-refractivity contribution in [2.45, 2.75) is 26.2 Å². The summed E-state index contributed by atoms with van der Waals surface area (Å²) in [6, 6.07) is 1.23. The summed E-state index contributed by atoms with van der Waals surface area (Å²) in [5.41, 5.74) is 2.60. The Hall–Kier alpha value is -1.80. The number of nitrogens with zero attached hydrogens (tertiary/aromatic N) is 1. The van der Waals surface area contributed by atoms with Gasteiger partial charge in [0.15, 0.2) is 6.61 Å². The second-order valence-electron chi connectivity index (χ2n) is 5.61. The molecule has 132 valence electrons. The molecule has 1 aliphatic heterocycles. The van der Waals surface area contributed by atoms with Gasteiger partial charge in [0.05, 0.1) is 10.7 Å². The minimum absolute atomic E-state index is 0.0574. The molecule has 1 aromatic carbocycles. The van der Waals surface area contributed by atoms with Gasteiger partial charge in [-0.05, 0) is 13.0 Å². The standard InChI is InChI=1S/C15H16ClF3N2O3/c1-7-3-11(23)20-21-13(7)9-4-10(16)14(8(2)12(9)17)24-6-15(18,19)5-22/h4,7,22H,3,5-6H2,1-2H3,(H,20,23). The van der Waals surface area contributed by atoms with Crippen LogP contribution in [0.1, 0.15) is 24.5 Å².